The number of benzene rings is 1. The first-order chi connectivity index (χ1) is 9.54. The highest BCUT2D eigenvalue weighted by atomic mass is 16.5. The van der Waals surface area contributed by atoms with Crippen LogP contribution in [0.1, 0.15) is 35.5 Å². The van der Waals surface area contributed by atoms with Crippen LogP contribution in [0.5, 0.6) is 0 Å². The van der Waals surface area contributed by atoms with Gasteiger partial charge in [0.15, 0.2) is 0 Å². The van der Waals surface area contributed by atoms with Crippen molar-refractivity contribution in [3.63, 3.8) is 0 Å². The van der Waals surface area contributed by atoms with Gasteiger partial charge in [0.05, 0.1) is 18.2 Å². The molecule has 0 atom stereocenters. The number of hydrogen-bond donors (Lipinski definition) is 0. The van der Waals surface area contributed by atoms with Gasteiger partial charge in [0.25, 0.3) is 0 Å². The first-order valence-electron chi connectivity index (χ1n) is 6.64. The molecule has 0 N–H and O–H groups in total. The molecule has 0 amide bonds. The Morgan fingerprint density at radius 3 is 2.65 bits per heavy atom. The van der Waals surface area contributed by atoms with Crippen molar-refractivity contribution < 1.29 is 9.53 Å². The molecule has 3 nitrogen and oxygen atoms in total. The van der Waals surface area contributed by atoms with Crippen molar-refractivity contribution in [2.75, 3.05) is 7.11 Å². The summed E-state index contributed by atoms with van der Waals surface area (Å²) in [6, 6.07) is 7.67. The van der Waals surface area contributed by atoms with E-state index in [1.807, 2.05) is 45.0 Å². The van der Waals surface area contributed by atoms with Crippen molar-refractivity contribution in [3.8, 4) is 0 Å². The Bertz CT molecular complexity index is 683. The molecule has 0 aliphatic heterocycles. The monoisotopic (exact) mass is 269 g/mol. The first kappa shape index (κ1) is 14.3. The van der Waals surface area contributed by atoms with E-state index in [0.717, 1.165) is 22.2 Å². The van der Waals surface area contributed by atoms with E-state index in [1.54, 1.807) is 0 Å². The van der Waals surface area contributed by atoms with Crippen LogP contribution in [0.15, 0.2) is 35.9 Å². The van der Waals surface area contributed by atoms with Gasteiger partial charge in [-0.15, -0.1) is 0 Å². The lowest BCUT2D eigenvalue weighted by Crippen LogP contribution is -2.09. The van der Waals surface area contributed by atoms with Gasteiger partial charge in [-0.25, -0.2) is 4.79 Å². The molecule has 1 aromatic heterocycles. The number of pyridine rings is 1. The van der Waals surface area contributed by atoms with Gasteiger partial charge in [-0.05, 0) is 38.8 Å². The van der Waals surface area contributed by atoms with Crippen molar-refractivity contribution in [1.29, 1.82) is 0 Å². The molecule has 2 rings (SSSR count). The Hall–Kier alpha value is -2.16. The topological polar surface area (TPSA) is 39.2 Å². The molecule has 0 radical (unpaired) electrons. The maximum absolute atomic E-state index is 12.2. The van der Waals surface area contributed by atoms with Crippen molar-refractivity contribution in [3.05, 3.63) is 52.7 Å². The fourth-order valence-corrected chi connectivity index (χ4v) is 2.27. The second kappa shape index (κ2) is 5.87. The number of carbonyl (C=O) groups is 1. The molecule has 1 heterocycles. The lowest BCUT2D eigenvalue weighted by molar-refractivity contribution is 0.0601. The van der Waals surface area contributed by atoms with E-state index in [2.05, 4.69) is 11.1 Å². The molecule has 1 aromatic carbocycles. The number of fused-ring (bicyclic) bond motifs is 1. The third-order valence-corrected chi connectivity index (χ3v) is 3.30. The number of esters is 1. The Balaban J connectivity index is 2.74. The molecule has 0 spiro atoms. The highest BCUT2D eigenvalue weighted by Gasteiger charge is 2.18. The Labute approximate surface area is 119 Å². The Kier molecular flexibility index (Phi) is 4.18. The lowest BCUT2D eigenvalue weighted by atomic mass is 9.97. The third-order valence-electron chi connectivity index (χ3n) is 3.30. The van der Waals surface area contributed by atoms with E-state index in [4.69, 9.17) is 4.74 Å². The van der Waals surface area contributed by atoms with Crippen LogP contribution in [-0.2, 0) is 11.2 Å². The maximum Gasteiger partial charge on any atom is 0.338 e. The summed E-state index contributed by atoms with van der Waals surface area (Å²) in [6.07, 6.45) is 2.79. The summed E-state index contributed by atoms with van der Waals surface area (Å²) < 4.78 is 4.96. The number of aromatic nitrogens is 1. The normalized spacial score (nSPS) is 10.4. The van der Waals surface area contributed by atoms with Crippen LogP contribution < -0.4 is 0 Å². The fourth-order valence-electron chi connectivity index (χ4n) is 2.27. The van der Waals surface area contributed by atoms with E-state index in [9.17, 15) is 4.79 Å². The number of allylic oxidation sites excluding steroid dienone is 2. The highest BCUT2D eigenvalue weighted by Crippen LogP contribution is 2.25. The van der Waals surface area contributed by atoms with Crippen LogP contribution in [0.3, 0.4) is 0 Å². The molecule has 0 aliphatic carbocycles. The Morgan fingerprint density at radius 2 is 2.00 bits per heavy atom. The molecule has 3 heteroatoms. The summed E-state index contributed by atoms with van der Waals surface area (Å²) in [5.74, 6) is -0.302. The summed E-state index contributed by atoms with van der Waals surface area (Å²) in [4.78, 5) is 16.8. The minimum Gasteiger partial charge on any atom is -0.465 e. The quantitative estimate of drug-likeness (QED) is 0.627. The van der Waals surface area contributed by atoms with Gasteiger partial charge in [0.2, 0.25) is 0 Å². The van der Waals surface area contributed by atoms with E-state index >= 15 is 0 Å². The summed E-state index contributed by atoms with van der Waals surface area (Å²) in [7, 11) is 1.41. The van der Waals surface area contributed by atoms with Crippen molar-refractivity contribution in [2.24, 2.45) is 0 Å². The summed E-state index contributed by atoms with van der Waals surface area (Å²) >= 11 is 0. The first-order valence-corrected chi connectivity index (χ1v) is 6.64. The molecule has 20 heavy (non-hydrogen) atoms. The molecule has 0 saturated heterocycles. The minimum absolute atomic E-state index is 0.302. The molecular weight excluding hydrogens is 250 g/mol. The van der Waals surface area contributed by atoms with Gasteiger partial charge >= 0.3 is 5.97 Å². The van der Waals surface area contributed by atoms with Crippen LogP contribution >= 0.6 is 0 Å². The average molecular weight is 269 g/mol. The van der Waals surface area contributed by atoms with E-state index in [0.29, 0.717) is 12.0 Å². The van der Waals surface area contributed by atoms with Gasteiger partial charge in [-0.1, -0.05) is 29.8 Å². The molecule has 0 aliphatic rings. The number of carbonyl (C=O) groups excluding carboxylic acids is 1. The number of hydrogen-bond acceptors (Lipinski definition) is 3. The van der Waals surface area contributed by atoms with E-state index in [1.165, 1.54) is 12.7 Å². The predicted octanol–water partition coefficient (Wildman–Crippen LogP) is 3.84. The number of ether oxygens (including phenoxy) is 1. The summed E-state index contributed by atoms with van der Waals surface area (Å²) in [5.41, 5.74) is 4.49. The van der Waals surface area contributed by atoms with Crippen molar-refractivity contribution in [1.82, 2.24) is 4.98 Å². The molecular formula is C17H19NO2. The minimum atomic E-state index is -0.302. The highest BCUT2D eigenvalue weighted by molar-refractivity contribution is 6.05. The van der Waals surface area contributed by atoms with E-state index < -0.39 is 0 Å². The molecule has 104 valence electrons. The molecule has 0 saturated carbocycles. The zero-order valence-corrected chi connectivity index (χ0v) is 12.4. The van der Waals surface area contributed by atoms with Crippen LogP contribution in [0.2, 0.25) is 0 Å². The number of nitrogens with zero attached hydrogens (tertiary/aromatic N) is 1. The van der Waals surface area contributed by atoms with Gasteiger partial charge in [0, 0.05) is 11.1 Å². The maximum atomic E-state index is 12.2. The largest absolute Gasteiger partial charge is 0.465 e. The van der Waals surface area contributed by atoms with Crippen LogP contribution in [0.4, 0.5) is 0 Å². The number of aryl methyl sites for hydroxylation is 1. The summed E-state index contributed by atoms with van der Waals surface area (Å²) in [6.45, 7) is 6.02. The second-order valence-corrected chi connectivity index (χ2v) is 5.05. The standard InChI is InChI=1S/C17H19NO2/c1-11(2)9-10-13-12(3)18-15-8-6-5-7-14(15)16(13)17(19)20-4/h5-9H,10H2,1-4H3. The van der Waals surface area contributed by atoms with Gasteiger partial charge < -0.3 is 4.74 Å². The molecule has 0 fully saturated rings. The molecule has 0 bridgehead atoms. The zero-order chi connectivity index (χ0) is 14.7. The molecule has 2 aromatic rings. The van der Waals surface area contributed by atoms with Crippen molar-refractivity contribution in [2.45, 2.75) is 27.2 Å². The second-order valence-electron chi connectivity index (χ2n) is 5.05. The predicted molar refractivity (Wildman–Crippen MR) is 81.0 cm³/mol. The van der Waals surface area contributed by atoms with E-state index in [-0.39, 0.29) is 5.97 Å². The third kappa shape index (κ3) is 2.72. The van der Waals surface area contributed by atoms with Gasteiger partial charge in [-0.3, -0.25) is 4.98 Å². The number of methoxy groups -OCH3 is 1. The Morgan fingerprint density at radius 1 is 1.30 bits per heavy atom. The number of para-hydroxylation sites is 1. The smallest absolute Gasteiger partial charge is 0.338 e. The SMILES string of the molecule is COC(=O)c1c(CC=C(C)C)c(C)nc2ccccc12. The summed E-state index contributed by atoms with van der Waals surface area (Å²) in [5, 5.41) is 0.849. The lowest BCUT2D eigenvalue weighted by Gasteiger charge is -2.12. The van der Waals surface area contributed by atoms with Crippen LogP contribution in [0, 0.1) is 6.92 Å². The van der Waals surface area contributed by atoms with Crippen molar-refractivity contribution >= 4 is 16.9 Å². The zero-order valence-electron chi connectivity index (χ0n) is 12.4. The fraction of sp³-hybridized carbons (Fsp3) is 0.294. The average Bonchev–Trinajstić information content (AvgIpc) is 2.43. The molecule has 0 unspecified atom stereocenters. The van der Waals surface area contributed by atoms with Gasteiger partial charge in [-0.2, -0.15) is 0 Å². The van der Waals surface area contributed by atoms with Crippen LogP contribution in [-0.4, -0.2) is 18.1 Å². The van der Waals surface area contributed by atoms with Gasteiger partial charge in [0.1, 0.15) is 0 Å². The van der Waals surface area contributed by atoms with Crippen LogP contribution in [0.25, 0.3) is 10.9 Å². The number of rotatable bonds is 3.